The maximum absolute atomic E-state index is 12.4. The molecule has 0 radical (unpaired) electrons. The van der Waals surface area contributed by atoms with Gasteiger partial charge in [0.2, 0.25) is 5.91 Å². The first-order valence-electron chi connectivity index (χ1n) is 8.47. The van der Waals surface area contributed by atoms with E-state index in [-0.39, 0.29) is 0 Å². The van der Waals surface area contributed by atoms with Gasteiger partial charge >= 0.3 is 0 Å². The summed E-state index contributed by atoms with van der Waals surface area (Å²) in [4.78, 5) is 16.8. The third-order valence-corrected chi connectivity index (χ3v) is 4.47. The molecule has 20 heavy (non-hydrogen) atoms. The van der Waals surface area contributed by atoms with Crippen LogP contribution in [0.1, 0.15) is 46.0 Å². The van der Waals surface area contributed by atoms with Crippen LogP contribution in [0.3, 0.4) is 0 Å². The van der Waals surface area contributed by atoms with Gasteiger partial charge in [0.1, 0.15) is 0 Å². The molecule has 1 aliphatic carbocycles. The lowest BCUT2D eigenvalue weighted by Gasteiger charge is -2.34. The van der Waals surface area contributed by atoms with Crippen molar-refractivity contribution in [3.05, 3.63) is 0 Å². The zero-order valence-corrected chi connectivity index (χ0v) is 13.2. The van der Waals surface area contributed by atoms with Crippen molar-refractivity contribution in [2.45, 2.75) is 52.0 Å². The van der Waals surface area contributed by atoms with Crippen LogP contribution in [0.2, 0.25) is 0 Å². The Hall–Kier alpha value is -0.610. The van der Waals surface area contributed by atoms with Crippen molar-refractivity contribution in [3.8, 4) is 0 Å². The highest BCUT2D eigenvalue weighted by Gasteiger charge is 2.32. The van der Waals surface area contributed by atoms with Crippen LogP contribution >= 0.6 is 0 Å². The number of rotatable bonds is 8. The summed E-state index contributed by atoms with van der Waals surface area (Å²) >= 11 is 0. The Balaban J connectivity index is 1.72. The minimum Gasteiger partial charge on any atom is -0.339 e. The van der Waals surface area contributed by atoms with E-state index in [1.165, 1.54) is 32.1 Å². The molecular formula is C16H31N3O. The molecule has 0 spiro atoms. The lowest BCUT2D eigenvalue weighted by Crippen LogP contribution is -2.46. The summed E-state index contributed by atoms with van der Waals surface area (Å²) < 4.78 is 0. The van der Waals surface area contributed by atoms with Crippen molar-refractivity contribution in [3.63, 3.8) is 0 Å². The number of likely N-dealkylation sites (N-methyl/N-ethyl adjacent to an activating group) is 1. The quantitative estimate of drug-likeness (QED) is 0.688. The fourth-order valence-corrected chi connectivity index (χ4v) is 3.25. The van der Waals surface area contributed by atoms with E-state index in [0.717, 1.165) is 38.6 Å². The summed E-state index contributed by atoms with van der Waals surface area (Å²) in [5.41, 5.74) is 0. The molecule has 2 aliphatic rings. The second kappa shape index (κ2) is 7.99. The molecule has 116 valence electrons. The molecule has 1 heterocycles. The molecule has 1 saturated carbocycles. The molecule has 0 aromatic rings. The van der Waals surface area contributed by atoms with Crippen LogP contribution in [0.5, 0.6) is 0 Å². The third-order valence-electron chi connectivity index (χ3n) is 4.47. The number of amides is 1. The number of likely N-dealkylation sites (tertiary alicyclic amines) is 1. The van der Waals surface area contributed by atoms with Gasteiger partial charge in [-0.15, -0.1) is 0 Å². The fraction of sp³-hybridized carbons (Fsp3) is 0.938. The number of carbonyl (C=O) groups is 1. The van der Waals surface area contributed by atoms with Gasteiger partial charge in [0, 0.05) is 19.1 Å². The van der Waals surface area contributed by atoms with E-state index in [2.05, 4.69) is 29.0 Å². The van der Waals surface area contributed by atoms with E-state index in [1.807, 2.05) is 0 Å². The zero-order valence-electron chi connectivity index (χ0n) is 13.2. The second-order valence-electron chi connectivity index (χ2n) is 6.36. The van der Waals surface area contributed by atoms with Crippen molar-refractivity contribution >= 4 is 5.91 Å². The van der Waals surface area contributed by atoms with Gasteiger partial charge in [0.15, 0.2) is 0 Å². The van der Waals surface area contributed by atoms with E-state index in [9.17, 15) is 4.79 Å². The SMILES string of the molecule is CCCNCC1CCCN(CC(=O)N(CC)C2CC2)C1. The van der Waals surface area contributed by atoms with Gasteiger partial charge in [-0.1, -0.05) is 6.92 Å². The first kappa shape index (κ1) is 15.8. The number of piperidine rings is 1. The second-order valence-corrected chi connectivity index (χ2v) is 6.36. The first-order chi connectivity index (χ1) is 9.74. The minimum atomic E-state index is 0.345. The molecule has 1 N–H and O–H groups in total. The molecule has 1 saturated heterocycles. The summed E-state index contributed by atoms with van der Waals surface area (Å²) in [6.07, 6.45) is 6.16. The van der Waals surface area contributed by atoms with E-state index < -0.39 is 0 Å². The molecule has 1 aliphatic heterocycles. The van der Waals surface area contributed by atoms with Crippen LogP contribution < -0.4 is 5.32 Å². The Labute approximate surface area is 123 Å². The molecule has 1 amide bonds. The third kappa shape index (κ3) is 4.74. The highest BCUT2D eigenvalue weighted by Crippen LogP contribution is 2.27. The standard InChI is InChI=1S/C16H31N3O/c1-3-9-17-11-14-6-5-10-18(12-14)13-16(20)19(4-2)15-7-8-15/h14-15,17H,3-13H2,1-2H3. The normalized spacial score (nSPS) is 23.8. The zero-order chi connectivity index (χ0) is 14.4. The molecule has 2 rings (SSSR count). The molecular weight excluding hydrogens is 250 g/mol. The topological polar surface area (TPSA) is 35.6 Å². The van der Waals surface area contributed by atoms with Gasteiger partial charge in [0.05, 0.1) is 6.54 Å². The molecule has 2 fully saturated rings. The Morgan fingerprint density at radius 3 is 2.75 bits per heavy atom. The smallest absolute Gasteiger partial charge is 0.236 e. The van der Waals surface area contributed by atoms with Gasteiger partial charge in [-0.3, -0.25) is 9.69 Å². The molecule has 0 aromatic heterocycles. The van der Waals surface area contributed by atoms with Crippen molar-refractivity contribution in [2.24, 2.45) is 5.92 Å². The highest BCUT2D eigenvalue weighted by atomic mass is 16.2. The highest BCUT2D eigenvalue weighted by molar-refractivity contribution is 5.78. The van der Waals surface area contributed by atoms with Gasteiger partial charge in [-0.2, -0.15) is 0 Å². The van der Waals surface area contributed by atoms with Gasteiger partial charge in [0.25, 0.3) is 0 Å². The fourth-order valence-electron chi connectivity index (χ4n) is 3.25. The summed E-state index contributed by atoms with van der Waals surface area (Å²) in [5, 5.41) is 3.52. The minimum absolute atomic E-state index is 0.345. The number of hydrogen-bond acceptors (Lipinski definition) is 3. The van der Waals surface area contributed by atoms with Crippen LogP contribution in [-0.2, 0) is 4.79 Å². The monoisotopic (exact) mass is 281 g/mol. The predicted octanol–water partition coefficient (Wildman–Crippen LogP) is 1.71. The lowest BCUT2D eigenvalue weighted by atomic mass is 9.98. The van der Waals surface area contributed by atoms with Crippen LogP contribution in [0, 0.1) is 5.92 Å². The molecule has 0 aromatic carbocycles. The number of hydrogen-bond donors (Lipinski definition) is 1. The van der Waals surface area contributed by atoms with E-state index in [4.69, 9.17) is 0 Å². The summed E-state index contributed by atoms with van der Waals surface area (Å²) in [6.45, 7) is 10.2. The summed E-state index contributed by atoms with van der Waals surface area (Å²) in [6, 6.07) is 0.555. The maximum Gasteiger partial charge on any atom is 0.236 e. The van der Waals surface area contributed by atoms with Gasteiger partial charge in [-0.05, 0) is 64.6 Å². The Morgan fingerprint density at radius 2 is 2.10 bits per heavy atom. The molecule has 0 bridgehead atoms. The largest absolute Gasteiger partial charge is 0.339 e. The van der Waals surface area contributed by atoms with Crippen molar-refractivity contribution in [2.75, 3.05) is 39.3 Å². The van der Waals surface area contributed by atoms with Crippen molar-refractivity contribution in [1.82, 2.24) is 15.1 Å². The number of nitrogens with zero attached hydrogens (tertiary/aromatic N) is 2. The van der Waals surface area contributed by atoms with Crippen molar-refractivity contribution in [1.29, 1.82) is 0 Å². The van der Waals surface area contributed by atoms with Crippen LogP contribution in [0.15, 0.2) is 0 Å². The Kier molecular flexibility index (Phi) is 6.30. The van der Waals surface area contributed by atoms with Gasteiger partial charge in [-0.25, -0.2) is 0 Å². The summed E-state index contributed by atoms with van der Waals surface area (Å²) in [7, 11) is 0. The molecule has 1 unspecified atom stereocenters. The maximum atomic E-state index is 12.4. The van der Waals surface area contributed by atoms with Gasteiger partial charge < -0.3 is 10.2 Å². The number of nitrogens with one attached hydrogen (secondary N) is 1. The predicted molar refractivity (Wildman–Crippen MR) is 82.7 cm³/mol. The summed E-state index contributed by atoms with van der Waals surface area (Å²) in [5.74, 6) is 1.07. The molecule has 1 atom stereocenters. The average Bonchev–Trinajstić information content (AvgIpc) is 3.25. The van der Waals surface area contributed by atoms with E-state index in [1.54, 1.807) is 0 Å². The Bertz CT molecular complexity index is 304. The first-order valence-corrected chi connectivity index (χ1v) is 8.47. The van der Waals surface area contributed by atoms with Crippen LogP contribution in [-0.4, -0.2) is 61.0 Å². The van der Waals surface area contributed by atoms with Crippen LogP contribution in [0.4, 0.5) is 0 Å². The lowest BCUT2D eigenvalue weighted by molar-refractivity contribution is -0.133. The van der Waals surface area contributed by atoms with Crippen molar-refractivity contribution < 1.29 is 4.79 Å². The Morgan fingerprint density at radius 1 is 1.30 bits per heavy atom. The molecule has 4 nitrogen and oxygen atoms in total. The van der Waals surface area contributed by atoms with E-state index in [0.29, 0.717) is 18.5 Å². The molecule has 4 heteroatoms. The number of carbonyl (C=O) groups excluding carboxylic acids is 1. The average molecular weight is 281 g/mol. The van der Waals surface area contributed by atoms with E-state index >= 15 is 0 Å². The van der Waals surface area contributed by atoms with Crippen LogP contribution in [0.25, 0.3) is 0 Å².